The summed E-state index contributed by atoms with van der Waals surface area (Å²) in [5.41, 5.74) is 1.24. The first-order chi connectivity index (χ1) is 8.56. The molecule has 1 aliphatic rings. The molecule has 0 spiro atoms. The van der Waals surface area contributed by atoms with Gasteiger partial charge in [0.2, 0.25) is 0 Å². The van der Waals surface area contributed by atoms with Gasteiger partial charge in [0.15, 0.2) is 0 Å². The van der Waals surface area contributed by atoms with Crippen LogP contribution in [0.2, 0.25) is 0 Å². The third-order valence-electron chi connectivity index (χ3n) is 3.68. The van der Waals surface area contributed by atoms with Gasteiger partial charge in [-0.1, -0.05) is 0 Å². The minimum atomic E-state index is 0.763. The van der Waals surface area contributed by atoms with E-state index in [-0.39, 0.29) is 0 Å². The highest BCUT2D eigenvalue weighted by molar-refractivity contribution is 9.10. The molecule has 1 fully saturated rings. The highest BCUT2D eigenvalue weighted by Crippen LogP contribution is 2.22. The first-order valence-corrected chi connectivity index (χ1v) is 7.37. The van der Waals surface area contributed by atoms with Gasteiger partial charge in [-0.05, 0) is 66.8 Å². The molecule has 0 N–H and O–H groups in total. The normalized spacial score (nSPS) is 21.0. The van der Waals surface area contributed by atoms with Crippen LogP contribution in [0.3, 0.4) is 0 Å². The van der Waals surface area contributed by atoms with Crippen LogP contribution < -0.4 is 4.90 Å². The fraction of sp³-hybridized carbons (Fsp3) is 0.643. The minimum Gasteiger partial charge on any atom is -0.359 e. The second-order valence-electron chi connectivity index (χ2n) is 5.44. The van der Waals surface area contributed by atoms with Crippen LogP contribution in [0, 0.1) is 12.8 Å². The number of likely N-dealkylation sites (tertiary alicyclic amines) is 1. The molecule has 4 heteroatoms. The smallest absolute Gasteiger partial charge is 0.128 e. The molecular formula is C14H22BrN3. The molecule has 2 rings (SSSR count). The standard InChI is InChI=1S/C14H22BrN3/c1-11-7-14(16-8-13(11)15)18(3)10-12-5-4-6-17(2)9-12/h7-8,12H,4-6,9-10H2,1-3H3. The quantitative estimate of drug-likeness (QED) is 0.855. The molecule has 0 bridgehead atoms. The number of pyridine rings is 1. The molecule has 1 aromatic rings. The van der Waals surface area contributed by atoms with Crippen molar-refractivity contribution in [1.82, 2.24) is 9.88 Å². The van der Waals surface area contributed by atoms with Crippen molar-refractivity contribution in [3.63, 3.8) is 0 Å². The van der Waals surface area contributed by atoms with E-state index in [2.05, 4.69) is 57.8 Å². The van der Waals surface area contributed by atoms with Crippen LogP contribution in [-0.4, -0.2) is 43.6 Å². The Morgan fingerprint density at radius 3 is 3.00 bits per heavy atom. The van der Waals surface area contributed by atoms with E-state index in [9.17, 15) is 0 Å². The fourth-order valence-electron chi connectivity index (χ4n) is 2.64. The molecule has 1 saturated heterocycles. The van der Waals surface area contributed by atoms with Crippen LogP contribution in [0.15, 0.2) is 16.7 Å². The van der Waals surface area contributed by atoms with Gasteiger partial charge in [0, 0.05) is 30.8 Å². The van der Waals surface area contributed by atoms with E-state index in [0.29, 0.717) is 0 Å². The second kappa shape index (κ2) is 6.02. The number of halogens is 1. The van der Waals surface area contributed by atoms with Gasteiger partial charge in [0.1, 0.15) is 5.82 Å². The number of aryl methyl sites for hydroxylation is 1. The zero-order chi connectivity index (χ0) is 13.1. The summed E-state index contributed by atoms with van der Waals surface area (Å²) in [5.74, 6) is 1.84. The summed E-state index contributed by atoms with van der Waals surface area (Å²) < 4.78 is 1.08. The lowest BCUT2D eigenvalue weighted by molar-refractivity contribution is 0.213. The Kier molecular flexibility index (Phi) is 4.62. The molecule has 18 heavy (non-hydrogen) atoms. The predicted molar refractivity (Wildman–Crippen MR) is 80.2 cm³/mol. The minimum absolute atomic E-state index is 0.763. The van der Waals surface area contributed by atoms with Crippen LogP contribution in [0.1, 0.15) is 18.4 Å². The summed E-state index contributed by atoms with van der Waals surface area (Å²) in [6, 6.07) is 2.15. The molecule has 3 nitrogen and oxygen atoms in total. The van der Waals surface area contributed by atoms with E-state index in [1.165, 1.54) is 31.5 Å². The van der Waals surface area contributed by atoms with Crippen LogP contribution in [0.25, 0.3) is 0 Å². The van der Waals surface area contributed by atoms with Crippen LogP contribution >= 0.6 is 15.9 Å². The molecule has 100 valence electrons. The molecule has 0 saturated carbocycles. The largest absolute Gasteiger partial charge is 0.359 e. The van der Waals surface area contributed by atoms with Crippen molar-refractivity contribution in [3.05, 3.63) is 22.3 Å². The van der Waals surface area contributed by atoms with E-state index in [1.54, 1.807) is 0 Å². The Labute approximate surface area is 118 Å². The van der Waals surface area contributed by atoms with Crippen LogP contribution in [0.5, 0.6) is 0 Å². The summed E-state index contributed by atoms with van der Waals surface area (Å²) in [7, 11) is 4.36. The Morgan fingerprint density at radius 2 is 2.33 bits per heavy atom. The van der Waals surface area contributed by atoms with Crippen LogP contribution in [-0.2, 0) is 0 Å². The van der Waals surface area contributed by atoms with Gasteiger partial charge in [0.05, 0.1) is 0 Å². The van der Waals surface area contributed by atoms with Crippen molar-refractivity contribution in [2.24, 2.45) is 5.92 Å². The molecule has 1 aromatic heterocycles. The van der Waals surface area contributed by atoms with E-state index in [4.69, 9.17) is 0 Å². The zero-order valence-corrected chi connectivity index (χ0v) is 13.1. The molecule has 0 aliphatic carbocycles. The average molecular weight is 312 g/mol. The number of aromatic nitrogens is 1. The molecule has 0 aromatic carbocycles. The molecule has 1 aliphatic heterocycles. The third kappa shape index (κ3) is 3.45. The van der Waals surface area contributed by atoms with E-state index in [1.807, 2.05) is 6.20 Å². The number of piperidine rings is 1. The van der Waals surface area contributed by atoms with Gasteiger partial charge in [-0.3, -0.25) is 0 Å². The average Bonchev–Trinajstić information content (AvgIpc) is 2.32. The van der Waals surface area contributed by atoms with E-state index >= 15 is 0 Å². The van der Waals surface area contributed by atoms with Gasteiger partial charge in [-0.25, -0.2) is 4.98 Å². The molecule has 2 heterocycles. The molecule has 1 unspecified atom stereocenters. The lowest BCUT2D eigenvalue weighted by Gasteiger charge is -2.32. The highest BCUT2D eigenvalue weighted by atomic mass is 79.9. The van der Waals surface area contributed by atoms with Gasteiger partial charge in [0.25, 0.3) is 0 Å². The first-order valence-electron chi connectivity index (χ1n) is 6.58. The first kappa shape index (κ1) is 13.8. The summed E-state index contributed by atoms with van der Waals surface area (Å²) in [6.07, 6.45) is 4.56. The topological polar surface area (TPSA) is 19.4 Å². The van der Waals surface area contributed by atoms with Gasteiger partial charge in [-0.2, -0.15) is 0 Å². The SMILES string of the molecule is Cc1cc(N(C)CC2CCCN(C)C2)ncc1Br. The second-order valence-corrected chi connectivity index (χ2v) is 6.30. The van der Waals surface area contributed by atoms with Crippen molar-refractivity contribution in [3.8, 4) is 0 Å². The van der Waals surface area contributed by atoms with Gasteiger partial charge >= 0.3 is 0 Å². The number of anilines is 1. The molecule has 1 atom stereocenters. The summed E-state index contributed by atoms with van der Waals surface area (Å²) >= 11 is 3.50. The predicted octanol–water partition coefficient (Wildman–Crippen LogP) is 2.93. The Balaban J connectivity index is 1.98. The van der Waals surface area contributed by atoms with Crippen LogP contribution in [0.4, 0.5) is 5.82 Å². The lowest BCUT2D eigenvalue weighted by Crippen LogP contribution is -2.38. The molecule has 0 amide bonds. The number of rotatable bonds is 3. The summed E-state index contributed by atoms with van der Waals surface area (Å²) in [6.45, 7) is 5.66. The summed E-state index contributed by atoms with van der Waals surface area (Å²) in [5, 5.41) is 0. The van der Waals surface area contributed by atoms with Crippen molar-refractivity contribution >= 4 is 21.7 Å². The Morgan fingerprint density at radius 1 is 1.56 bits per heavy atom. The van der Waals surface area contributed by atoms with Gasteiger partial charge < -0.3 is 9.80 Å². The van der Waals surface area contributed by atoms with Crippen molar-refractivity contribution in [2.75, 3.05) is 38.6 Å². The van der Waals surface area contributed by atoms with E-state index in [0.717, 1.165) is 22.8 Å². The fourth-order valence-corrected chi connectivity index (χ4v) is 2.85. The maximum Gasteiger partial charge on any atom is 0.128 e. The zero-order valence-electron chi connectivity index (χ0n) is 11.5. The molecule has 0 radical (unpaired) electrons. The van der Waals surface area contributed by atoms with E-state index < -0.39 is 0 Å². The molecular weight excluding hydrogens is 290 g/mol. The summed E-state index contributed by atoms with van der Waals surface area (Å²) in [4.78, 5) is 9.20. The van der Waals surface area contributed by atoms with Gasteiger partial charge in [-0.15, -0.1) is 0 Å². The number of hydrogen-bond donors (Lipinski definition) is 0. The third-order valence-corrected chi connectivity index (χ3v) is 4.51. The Bertz CT molecular complexity index is 408. The van der Waals surface area contributed by atoms with Crippen molar-refractivity contribution < 1.29 is 0 Å². The number of hydrogen-bond acceptors (Lipinski definition) is 3. The lowest BCUT2D eigenvalue weighted by atomic mass is 9.98. The van der Waals surface area contributed by atoms with Crippen molar-refractivity contribution in [2.45, 2.75) is 19.8 Å². The monoisotopic (exact) mass is 311 g/mol. The van der Waals surface area contributed by atoms with Crippen molar-refractivity contribution in [1.29, 1.82) is 0 Å². The maximum atomic E-state index is 4.49. The number of nitrogens with zero attached hydrogens (tertiary/aromatic N) is 3. The maximum absolute atomic E-state index is 4.49. The highest BCUT2D eigenvalue weighted by Gasteiger charge is 2.19. The Hall–Kier alpha value is -0.610.